The summed E-state index contributed by atoms with van der Waals surface area (Å²) in [5.74, 6) is 1.26. The minimum Gasteiger partial charge on any atom is -0.393 e. The van der Waals surface area contributed by atoms with E-state index in [4.69, 9.17) is 5.73 Å². The summed E-state index contributed by atoms with van der Waals surface area (Å²) in [6.45, 7) is 6.27. The zero-order chi connectivity index (χ0) is 12.4. The Morgan fingerprint density at radius 2 is 2.00 bits per heavy atom. The Morgan fingerprint density at radius 1 is 1.29 bits per heavy atom. The smallest absolute Gasteiger partial charge is 0.0553 e. The van der Waals surface area contributed by atoms with Crippen LogP contribution in [0.3, 0.4) is 0 Å². The highest BCUT2D eigenvalue weighted by molar-refractivity contribution is 4.91. The van der Waals surface area contributed by atoms with Gasteiger partial charge < -0.3 is 10.8 Å². The van der Waals surface area contributed by atoms with E-state index in [1.807, 2.05) is 6.92 Å². The number of hydrogen-bond acceptors (Lipinski definition) is 3. The van der Waals surface area contributed by atoms with Crippen molar-refractivity contribution in [3.05, 3.63) is 0 Å². The zero-order valence-corrected chi connectivity index (χ0v) is 11.3. The maximum absolute atomic E-state index is 9.79. The summed E-state index contributed by atoms with van der Waals surface area (Å²) in [5, 5.41) is 9.79. The fourth-order valence-electron chi connectivity index (χ4n) is 3.55. The minimum atomic E-state index is -0.220. The number of aliphatic hydroxyl groups is 1. The van der Waals surface area contributed by atoms with Crippen molar-refractivity contribution in [2.24, 2.45) is 17.6 Å². The normalized spacial score (nSPS) is 35.3. The molecule has 3 nitrogen and oxygen atoms in total. The molecule has 0 aromatic rings. The second-order valence-electron chi connectivity index (χ2n) is 6.12. The van der Waals surface area contributed by atoms with Crippen LogP contribution in [0.25, 0.3) is 0 Å². The third-order valence-corrected chi connectivity index (χ3v) is 4.81. The van der Waals surface area contributed by atoms with Crippen LogP contribution in [0.1, 0.15) is 46.0 Å². The Labute approximate surface area is 105 Å². The van der Waals surface area contributed by atoms with Gasteiger partial charge in [0, 0.05) is 25.2 Å². The second kappa shape index (κ2) is 5.68. The molecule has 1 saturated heterocycles. The van der Waals surface area contributed by atoms with Crippen molar-refractivity contribution in [1.29, 1.82) is 0 Å². The van der Waals surface area contributed by atoms with Crippen LogP contribution in [0.4, 0.5) is 0 Å². The molecule has 0 aromatic carbocycles. The lowest BCUT2D eigenvalue weighted by Crippen LogP contribution is -2.55. The van der Waals surface area contributed by atoms with Gasteiger partial charge in [0.25, 0.3) is 0 Å². The van der Waals surface area contributed by atoms with Crippen LogP contribution in [0.5, 0.6) is 0 Å². The average molecular weight is 240 g/mol. The molecule has 0 amide bonds. The molecule has 2 rings (SSSR count). The minimum absolute atomic E-state index is 0.220. The van der Waals surface area contributed by atoms with Gasteiger partial charge in [-0.3, -0.25) is 4.90 Å². The van der Waals surface area contributed by atoms with Gasteiger partial charge in [-0.15, -0.1) is 0 Å². The predicted molar refractivity (Wildman–Crippen MR) is 70.8 cm³/mol. The van der Waals surface area contributed by atoms with E-state index in [2.05, 4.69) is 11.8 Å². The number of likely N-dealkylation sites (tertiary alicyclic amines) is 1. The van der Waals surface area contributed by atoms with Crippen LogP contribution in [0, 0.1) is 11.8 Å². The van der Waals surface area contributed by atoms with Crippen molar-refractivity contribution < 1.29 is 5.11 Å². The van der Waals surface area contributed by atoms with Crippen molar-refractivity contribution in [2.75, 3.05) is 13.1 Å². The van der Waals surface area contributed by atoms with Gasteiger partial charge in [0.15, 0.2) is 0 Å². The van der Waals surface area contributed by atoms with Crippen molar-refractivity contribution in [2.45, 2.75) is 64.1 Å². The number of piperidine rings is 1. The number of rotatable bonds is 4. The van der Waals surface area contributed by atoms with Gasteiger partial charge >= 0.3 is 0 Å². The summed E-state index contributed by atoms with van der Waals surface area (Å²) in [6, 6.07) is 0.953. The molecule has 2 aliphatic rings. The first-order valence-corrected chi connectivity index (χ1v) is 7.29. The Hall–Kier alpha value is -0.120. The number of nitrogens with two attached hydrogens (primary N) is 1. The summed E-state index contributed by atoms with van der Waals surface area (Å²) in [4.78, 5) is 2.56. The van der Waals surface area contributed by atoms with E-state index in [1.54, 1.807) is 0 Å². The predicted octanol–water partition coefficient (Wildman–Crippen LogP) is 1.60. The highest BCUT2D eigenvalue weighted by Crippen LogP contribution is 2.35. The van der Waals surface area contributed by atoms with E-state index in [1.165, 1.54) is 25.7 Å². The molecule has 4 unspecified atom stereocenters. The van der Waals surface area contributed by atoms with E-state index in [0.717, 1.165) is 25.4 Å². The molecule has 1 saturated carbocycles. The van der Waals surface area contributed by atoms with E-state index < -0.39 is 0 Å². The maximum Gasteiger partial charge on any atom is 0.0553 e. The molecule has 4 atom stereocenters. The van der Waals surface area contributed by atoms with Crippen LogP contribution in [-0.4, -0.2) is 41.3 Å². The molecule has 100 valence electrons. The van der Waals surface area contributed by atoms with Crippen molar-refractivity contribution in [1.82, 2.24) is 4.90 Å². The quantitative estimate of drug-likeness (QED) is 0.784. The van der Waals surface area contributed by atoms with Crippen LogP contribution >= 0.6 is 0 Å². The lowest BCUT2D eigenvalue weighted by molar-refractivity contribution is 0.00729. The third-order valence-electron chi connectivity index (χ3n) is 4.81. The molecule has 1 heterocycles. The summed E-state index contributed by atoms with van der Waals surface area (Å²) in [7, 11) is 0. The zero-order valence-electron chi connectivity index (χ0n) is 11.3. The summed E-state index contributed by atoms with van der Waals surface area (Å²) in [6.07, 6.45) is 6.18. The molecule has 3 heteroatoms. The van der Waals surface area contributed by atoms with Gasteiger partial charge in [0.1, 0.15) is 0 Å². The Morgan fingerprint density at radius 3 is 2.47 bits per heavy atom. The first kappa shape index (κ1) is 13.3. The average Bonchev–Trinajstić information content (AvgIpc) is 2.21. The fourth-order valence-corrected chi connectivity index (χ4v) is 3.55. The molecule has 2 fully saturated rings. The van der Waals surface area contributed by atoms with Gasteiger partial charge in [-0.25, -0.2) is 0 Å². The van der Waals surface area contributed by atoms with Crippen molar-refractivity contribution >= 4 is 0 Å². The maximum atomic E-state index is 9.79. The van der Waals surface area contributed by atoms with Gasteiger partial charge in [-0.05, 0) is 44.4 Å². The van der Waals surface area contributed by atoms with E-state index in [9.17, 15) is 5.11 Å². The number of aliphatic hydroxyl groups excluding tert-OH is 1. The van der Waals surface area contributed by atoms with E-state index in [0.29, 0.717) is 12.0 Å². The molecular weight excluding hydrogens is 212 g/mol. The summed E-state index contributed by atoms with van der Waals surface area (Å²) in [5.41, 5.74) is 6.15. The fraction of sp³-hybridized carbons (Fsp3) is 1.00. The van der Waals surface area contributed by atoms with Crippen LogP contribution < -0.4 is 5.73 Å². The molecular formula is C14H28N2O. The SMILES string of the molecule is CCC(C1CCC1)N1CC(N)CC(C(C)O)C1. The van der Waals surface area contributed by atoms with Crippen LogP contribution in [0.15, 0.2) is 0 Å². The molecule has 0 bridgehead atoms. The van der Waals surface area contributed by atoms with Crippen molar-refractivity contribution in [3.63, 3.8) is 0 Å². The highest BCUT2D eigenvalue weighted by Gasteiger charge is 2.36. The lowest BCUT2D eigenvalue weighted by atomic mass is 9.77. The molecule has 1 aliphatic carbocycles. The molecule has 1 aliphatic heterocycles. The number of hydrogen-bond donors (Lipinski definition) is 2. The third kappa shape index (κ3) is 3.01. The van der Waals surface area contributed by atoms with Gasteiger partial charge in [0.05, 0.1) is 6.10 Å². The van der Waals surface area contributed by atoms with Gasteiger partial charge in [0.2, 0.25) is 0 Å². The molecule has 3 N–H and O–H groups in total. The van der Waals surface area contributed by atoms with Crippen LogP contribution in [0.2, 0.25) is 0 Å². The summed E-state index contributed by atoms with van der Waals surface area (Å²) >= 11 is 0. The highest BCUT2D eigenvalue weighted by atomic mass is 16.3. The Bertz CT molecular complexity index is 240. The topological polar surface area (TPSA) is 49.5 Å². The van der Waals surface area contributed by atoms with Gasteiger partial charge in [-0.2, -0.15) is 0 Å². The first-order chi connectivity index (χ1) is 8.11. The van der Waals surface area contributed by atoms with E-state index in [-0.39, 0.29) is 12.1 Å². The molecule has 0 aromatic heterocycles. The Kier molecular flexibility index (Phi) is 4.45. The monoisotopic (exact) mass is 240 g/mol. The van der Waals surface area contributed by atoms with E-state index >= 15 is 0 Å². The van der Waals surface area contributed by atoms with Crippen LogP contribution in [-0.2, 0) is 0 Å². The molecule has 0 spiro atoms. The summed E-state index contributed by atoms with van der Waals surface area (Å²) < 4.78 is 0. The second-order valence-corrected chi connectivity index (χ2v) is 6.12. The lowest BCUT2D eigenvalue weighted by Gasteiger charge is -2.46. The first-order valence-electron chi connectivity index (χ1n) is 7.29. The Balaban J connectivity index is 1.97. The molecule has 17 heavy (non-hydrogen) atoms. The number of nitrogens with zero attached hydrogens (tertiary/aromatic N) is 1. The van der Waals surface area contributed by atoms with Crippen molar-refractivity contribution in [3.8, 4) is 0 Å². The molecule has 0 radical (unpaired) electrons. The van der Waals surface area contributed by atoms with Gasteiger partial charge in [-0.1, -0.05) is 13.3 Å². The standard InChI is InChI=1S/C14H28N2O/c1-3-14(11-5-4-6-11)16-8-12(10(2)17)7-13(15)9-16/h10-14,17H,3-9,15H2,1-2H3. The largest absolute Gasteiger partial charge is 0.393 e.